The Labute approximate surface area is 151 Å². The second-order valence-corrected chi connectivity index (χ2v) is 7.38. The molecule has 0 fully saturated rings. The van der Waals surface area contributed by atoms with Crippen molar-refractivity contribution in [1.82, 2.24) is 0 Å². The fraction of sp³-hybridized carbons (Fsp3) is 0.188. The van der Waals surface area contributed by atoms with E-state index in [1.165, 1.54) is 37.4 Å². The van der Waals surface area contributed by atoms with Crippen molar-refractivity contribution in [2.75, 3.05) is 30.5 Å². The van der Waals surface area contributed by atoms with E-state index < -0.39 is 15.9 Å². The second kappa shape index (κ2) is 8.41. The van der Waals surface area contributed by atoms with Crippen LogP contribution in [0.5, 0.6) is 0 Å². The summed E-state index contributed by atoms with van der Waals surface area (Å²) in [5.74, 6) is -0.0993. The van der Waals surface area contributed by atoms with Gasteiger partial charge in [-0.25, -0.2) is 13.2 Å². The topological polar surface area (TPSA) is 149 Å². The third kappa shape index (κ3) is 5.26. The van der Waals surface area contributed by atoms with E-state index in [0.717, 1.165) is 0 Å². The lowest BCUT2D eigenvalue weighted by atomic mass is 10.2. The predicted molar refractivity (Wildman–Crippen MR) is 98.6 cm³/mol. The van der Waals surface area contributed by atoms with Gasteiger partial charge >= 0.3 is 6.03 Å². The molecule has 2 rings (SSSR count). The number of rotatable bonds is 7. The van der Waals surface area contributed by atoms with Gasteiger partial charge in [0.2, 0.25) is 0 Å². The maximum atomic E-state index is 12.1. The normalized spacial score (nSPS) is 11.6. The van der Waals surface area contributed by atoms with Crippen molar-refractivity contribution >= 4 is 38.6 Å². The molecule has 0 aliphatic heterocycles. The molecule has 0 aromatic heterocycles. The molecule has 10 heteroatoms. The first-order valence-corrected chi connectivity index (χ1v) is 9.16. The van der Waals surface area contributed by atoms with Gasteiger partial charge in [0.05, 0.1) is 28.6 Å². The van der Waals surface area contributed by atoms with Gasteiger partial charge in [0, 0.05) is 12.8 Å². The summed E-state index contributed by atoms with van der Waals surface area (Å²) in [4.78, 5) is 11.2. The summed E-state index contributed by atoms with van der Waals surface area (Å²) in [6.07, 6.45) is 0. The number of nitrogen functional groups attached to an aromatic ring is 1. The van der Waals surface area contributed by atoms with Crippen molar-refractivity contribution in [2.24, 2.45) is 16.0 Å². The Morgan fingerprint density at radius 3 is 2.46 bits per heavy atom. The fourth-order valence-electron chi connectivity index (χ4n) is 2.02. The van der Waals surface area contributed by atoms with Crippen LogP contribution >= 0.6 is 0 Å². The summed E-state index contributed by atoms with van der Waals surface area (Å²) >= 11 is 0. The van der Waals surface area contributed by atoms with E-state index in [1.807, 2.05) is 0 Å². The number of azo groups is 1. The zero-order valence-electron chi connectivity index (χ0n) is 14.0. The van der Waals surface area contributed by atoms with E-state index >= 15 is 0 Å². The Morgan fingerprint density at radius 1 is 1.15 bits per heavy atom. The van der Waals surface area contributed by atoms with Crippen molar-refractivity contribution < 1.29 is 17.9 Å². The van der Waals surface area contributed by atoms with Crippen LogP contribution in [-0.2, 0) is 14.6 Å². The maximum Gasteiger partial charge on any atom is 0.316 e. The number of carbonyl (C=O) groups is 1. The molecule has 0 heterocycles. The number of hydrogen-bond donors (Lipinski definition) is 3. The number of sulfone groups is 1. The lowest BCUT2D eigenvalue weighted by Gasteiger charge is -2.06. The van der Waals surface area contributed by atoms with Crippen LogP contribution in [0.1, 0.15) is 0 Å². The highest BCUT2D eigenvalue weighted by molar-refractivity contribution is 7.91. The largest absolute Gasteiger partial charge is 0.399 e. The number of primary amides is 1. The molecule has 9 nitrogen and oxygen atoms in total. The molecule has 0 unspecified atom stereocenters. The highest BCUT2D eigenvalue weighted by Gasteiger charge is 2.13. The minimum Gasteiger partial charge on any atom is -0.399 e. The van der Waals surface area contributed by atoms with E-state index in [4.69, 9.17) is 16.2 Å². The number of ether oxygens (including phenoxy) is 1. The molecule has 2 aromatic carbocycles. The summed E-state index contributed by atoms with van der Waals surface area (Å²) in [5.41, 5.74) is 12.3. The minimum absolute atomic E-state index is 0.0993. The number of methoxy groups -OCH3 is 1. The number of nitrogens with two attached hydrogens (primary N) is 2. The zero-order valence-corrected chi connectivity index (χ0v) is 14.9. The van der Waals surface area contributed by atoms with Crippen molar-refractivity contribution in [1.29, 1.82) is 0 Å². The van der Waals surface area contributed by atoms with Crippen molar-refractivity contribution in [3.63, 3.8) is 0 Å². The van der Waals surface area contributed by atoms with Gasteiger partial charge in [-0.2, -0.15) is 5.11 Å². The first-order valence-electron chi connectivity index (χ1n) is 7.51. The molecule has 2 amide bonds. The number of nitrogens with zero attached hydrogens (tertiary/aromatic N) is 2. The number of benzene rings is 2. The summed E-state index contributed by atoms with van der Waals surface area (Å²) < 4.78 is 28.9. The highest BCUT2D eigenvalue weighted by atomic mass is 32.2. The summed E-state index contributed by atoms with van der Waals surface area (Å²) in [7, 11) is -1.96. The average molecular weight is 377 g/mol. The van der Waals surface area contributed by atoms with Crippen LogP contribution in [0.3, 0.4) is 0 Å². The minimum atomic E-state index is -3.40. The molecule has 0 spiro atoms. The van der Waals surface area contributed by atoms with Crippen LogP contribution in [0.4, 0.5) is 27.5 Å². The lowest BCUT2D eigenvalue weighted by Crippen LogP contribution is -2.19. The Balaban J connectivity index is 2.20. The van der Waals surface area contributed by atoms with Crippen molar-refractivity contribution in [3.05, 3.63) is 42.5 Å². The number of amides is 2. The molecule has 0 saturated carbocycles. The van der Waals surface area contributed by atoms with Gasteiger partial charge < -0.3 is 21.5 Å². The standard InChI is InChI=1S/C16H19N5O4S/c1-25-8-9-26(23,24)13-5-3-12(4-6-13)20-21-14-7-2-11(17)10-15(14)19-16(18)22/h2-7,10H,8-9,17H2,1H3,(H3,18,19,22). The monoisotopic (exact) mass is 377 g/mol. The molecule has 5 N–H and O–H groups in total. The van der Waals surface area contributed by atoms with Crippen LogP contribution < -0.4 is 16.8 Å². The zero-order chi connectivity index (χ0) is 19.2. The molecule has 0 atom stereocenters. The molecule has 0 radical (unpaired) electrons. The Bertz CT molecular complexity index is 911. The molecule has 0 bridgehead atoms. The van der Waals surface area contributed by atoms with E-state index in [0.29, 0.717) is 22.7 Å². The van der Waals surface area contributed by atoms with Gasteiger partial charge in [-0.05, 0) is 42.5 Å². The Hall–Kier alpha value is -2.98. The van der Waals surface area contributed by atoms with Gasteiger partial charge in [0.15, 0.2) is 9.84 Å². The van der Waals surface area contributed by atoms with Gasteiger partial charge in [-0.15, -0.1) is 5.11 Å². The maximum absolute atomic E-state index is 12.1. The number of hydrogen-bond acceptors (Lipinski definition) is 7. The van der Waals surface area contributed by atoms with Gasteiger partial charge in [-0.3, -0.25) is 0 Å². The van der Waals surface area contributed by atoms with E-state index in [9.17, 15) is 13.2 Å². The second-order valence-electron chi connectivity index (χ2n) is 5.27. The van der Waals surface area contributed by atoms with E-state index in [1.54, 1.807) is 12.1 Å². The Morgan fingerprint density at radius 2 is 1.85 bits per heavy atom. The average Bonchev–Trinajstić information content (AvgIpc) is 2.59. The van der Waals surface area contributed by atoms with Crippen LogP contribution in [0, 0.1) is 0 Å². The van der Waals surface area contributed by atoms with Crippen molar-refractivity contribution in [2.45, 2.75) is 4.90 Å². The first-order chi connectivity index (χ1) is 12.3. The van der Waals surface area contributed by atoms with Crippen LogP contribution in [-0.4, -0.2) is 33.9 Å². The van der Waals surface area contributed by atoms with Gasteiger partial charge in [-0.1, -0.05) is 0 Å². The fourth-order valence-corrected chi connectivity index (χ4v) is 3.19. The molecule has 26 heavy (non-hydrogen) atoms. The predicted octanol–water partition coefficient (Wildman–Crippen LogP) is 2.59. The third-order valence-corrected chi connectivity index (χ3v) is 5.00. The quantitative estimate of drug-likeness (QED) is 0.501. The Kier molecular flexibility index (Phi) is 6.26. The summed E-state index contributed by atoms with van der Waals surface area (Å²) in [5, 5.41) is 10.5. The van der Waals surface area contributed by atoms with Crippen LogP contribution in [0.2, 0.25) is 0 Å². The molecular weight excluding hydrogens is 358 g/mol. The molecule has 0 aliphatic carbocycles. The lowest BCUT2D eigenvalue weighted by molar-refractivity contribution is 0.217. The molecule has 0 saturated heterocycles. The van der Waals surface area contributed by atoms with Crippen LogP contribution in [0.15, 0.2) is 57.6 Å². The molecule has 2 aromatic rings. The van der Waals surface area contributed by atoms with E-state index in [2.05, 4.69) is 15.5 Å². The number of anilines is 2. The SMILES string of the molecule is COCCS(=O)(=O)c1ccc(N=Nc2ccc(N)cc2NC(N)=O)cc1. The van der Waals surface area contributed by atoms with Crippen LogP contribution in [0.25, 0.3) is 0 Å². The number of urea groups is 1. The number of carbonyl (C=O) groups excluding carboxylic acids is 1. The molecular formula is C16H19N5O4S. The third-order valence-electron chi connectivity index (χ3n) is 3.30. The van der Waals surface area contributed by atoms with E-state index in [-0.39, 0.29) is 17.3 Å². The van der Waals surface area contributed by atoms with Crippen molar-refractivity contribution in [3.8, 4) is 0 Å². The smallest absolute Gasteiger partial charge is 0.316 e. The molecule has 138 valence electrons. The summed E-state index contributed by atoms with van der Waals surface area (Å²) in [6, 6.07) is 9.89. The van der Waals surface area contributed by atoms with Gasteiger partial charge in [0.25, 0.3) is 0 Å². The molecule has 0 aliphatic rings. The number of nitrogens with one attached hydrogen (secondary N) is 1. The van der Waals surface area contributed by atoms with Gasteiger partial charge in [0.1, 0.15) is 5.69 Å². The first kappa shape index (κ1) is 19.3. The summed E-state index contributed by atoms with van der Waals surface area (Å²) in [6.45, 7) is 0.122. The highest BCUT2D eigenvalue weighted by Crippen LogP contribution is 2.29.